The molecular formula is C11H20N2O3. The van der Waals surface area contributed by atoms with Crippen LogP contribution in [0.5, 0.6) is 0 Å². The Hall–Kier alpha value is -0.650. The molecule has 2 aliphatic rings. The van der Waals surface area contributed by atoms with Crippen LogP contribution in [0.15, 0.2) is 0 Å². The first-order chi connectivity index (χ1) is 7.79. The van der Waals surface area contributed by atoms with Gasteiger partial charge in [-0.3, -0.25) is 4.79 Å². The van der Waals surface area contributed by atoms with Gasteiger partial charge in [0.2, 0.25) is 5.91 Å². The number of morpholine rings is 1. The predicted molar refractivity (Wildman–Crippen MR) is 59.0 cm³/mol. The molecule has 0 spiro atoms. The second kappa shape index (κ2) is 5.61. The molecule has 0 aromatic carbocycles. The minimum absolute atomic E-state index is 0.0146. The average Bonchev–Trinajstić information content (AvgIpc) is 3.13. The molecular weight excluding hydrogens is 208 g/mol. The minimum atomic E-state index is -0.207. The third-order valence-corrected chi connectivity index (χ3v) is 3.10. The Morgan fingerprint density at radius 2 is 2.31 bits per heavy atom. The second-order valence-corrected chi connectivity index (χ2v) is 4.59. The van der Waals surface area contributed by atoms with Crippen LogP contribution in [0.1, 0.15) is 12.8 Å². The molecule has 5 heteroatoms. The Morgan fingerprint density at radius 3 is 3.00 bits per heavy atom. The maximum atomic E-state index is 11.8. The summed E-state index contributed by atoms with van der Waals surface area (Å²) in [7, 11) is 0. The number of amides is 1. The lowest BCUT2D eigenvalue weighted by atomic mass is 10.3. The SMILES string of the molecule is O=C(CNCC1CC1)N1CCOC(CO)C1. The molecule has 0 bridgehead atoms. The molecule has 1 aliphatic heterocycles. The van der Waals surface area contributed by atoms with Gasteiger partial charge in [0.15, 0.2) is 0 Å². The normalized spacial score (nSPS) is 25.8. The van der Waals surface area contributed by atoms with E-state index in [0.717, 1.165) is 12.5 Å². The average molecular weight is 228 g/mol. The number of carbonyl (C=O) groups is 1. The summed E-state index contributed by atoms with van der Waals surface area (Å²) in [4.78, 5) is 13.6. The minimum Gasteiger partial charge on any atom is -0.394 e. The van der Waals surface area contributed by atoms with E-state index >= 15 is 0 Å². The van der Waals surface area contributed by atoms with Gasteiger partial charge in [0.1, 0.15) is 0 Å². The van der Waals surface area contributed by atoms with Crippen molar-refractivity contribution in [3.8, 4) is 0 Å². The summed E-state index contributed by atoms with van der Waals surface area (Å²) in [6.45, 7) is 3.04. The standard InChI is InChI=1S/C11H20N2O3/c14-8-10-7-13(3-4-16-10)11(15)6-12-5-9-1-2-9/h9-10,12,14H,1-8H2. The van der Waals surface area contributed by atoms with Crippen molar-refractivity contribution in [1.29, 1.82) is 0 Å². The van der Waals surface area contributed by atoms with Crippen LogP contribution in [0.25, 0.3) is 0 Å². The van der Waals surface area contributed by atoms with E-state index in [9.17, 15) is 4.79 Å². The Labute approximate surface area is 95.8 Å². The molecule has 0 radical (unpaired) electrons. The van der Waals surface area contributed by atoms with Gasteiger partial charge in [-0.2, -0.15) is 0 Å². The Kier molecular flexibility index (Phi) is 4.15. The number of hydrogen-bond acceptors (Lipinski definition) is 4. The van der Waals surface area contributed by atoms with Crippen molar-refractivity contribution in [2.45, 2.75) is 18.9 Å². The molecule has 1 aliphatic carbocycles. The van der Waals surface area contributed by atoms with Gasteiger partial charge in [-0.05, 0) is 25.3 Å². The van der Waals surface area contributed by atoms with Crippen LogP contribution in [-0.4, -0.2) is 61.4 Å². The summed E-state index contributed by atoms with van der Waals surface area (Å²) in [5.41, 5.74) is 0. The summed E-state index contributed by atoms with van der Waals surface area (Å²) in [6, 6.07) is 0. The van der Waals surface area contributed by atoms with Crippen LogP contribution in [0.4, 0.5) is 0 Å². The molecule has 1 unspecified atom stereocenters. The lowest BCUT2D eigenvalue weighted by Crippen LogP contribution is -2.49. The van der Waals surface area contributed by atoms with Gasteiger partial charge >= 0.3 is 0 Å². The molecule has 0 aromatic rings. The smallest absolute Gasteiger partial charge is 0.236 e. The third kappa shape index (κ3) is 3.43. The third-order valence-electron chi connectivity index (χ3n) is 3.10. The van der Waals surface area contributed by atoms with E-state index in [4.69, 9.17) is 9.84 Å². The molecule has 1 atom stereocenters. The molecule has 2 fully saturated rings. The summed E-state index contributed by atoms with van der Waals surface area (Å²) >= 11 is 0. The van der Waals surface area contributed by atoms with Crippen molar-refractivity contribution in [2.75, 3.05) is 39.4 Å². The second-order valence-electron chi connectivity index (χ2n) is 4.59. The topological polar surface area (TPSA) is 61.8 Å². The number of hydrogen-bond donors (Lipinski definition) is 2. The highest BCUT2D eigenvalue weighted by atomic mass is 16.5. The quantitative estimate of drug-likeness (QED) is 0.647. The monoisotopic (exact) mass is 228 g/mol. The largest absolute Gasteiger partial charge is 0.394 e. The van der Waals surface area contributed by atoms with E-state index in [2.05, 4.69) is 5.32 Å². The fraction of sp³-hybridized carbons (Fsp3) is 0.909. The molecule has 1 saturated heterocycles. The molecule has 1 heterocycles. The Morgan fingerprint density at radius 1 is 1.50 bits per heavy atom. The van der Waals surface area contributed by atoms with Crippen LogP contribution in [0.3, 0.4) is 0 Å². The van der Waals surface area contributed by atoms with Crippen LogP contribution in [-0.2, 0) is 9.53 Å². The first-order valence-electron chi connectivity index (χ1n) is 6.00. The lowest BCUT2D eigenvalue weighted by molar-refractivity contribution is -0.139. The zero-order valence-corrected chi connectivity index (χ0v) is 9.52. The summed E-state index contributed by atoms with van der Waals surface area (Å²) in [6.07, 6.45) is 2.39. The molecule has 2 rings (SSSR count). The van der Waals surface area contributed by atoms with Crippen LogP contribution in [0, 0.1) is 5.92 Å². The van der Waals surface area contributed by atoms with Gasteiger partial charge in [0.25, 0.3) is 0 Å². The highest BCUT2D eigenvalue weighted by molar-refractivity contribution is 5.78. The Bertz CT molecular complexity index is 243. The molecule has 1 amide bonds. The number of carbonyl (C=O) groups excluding carboxylic acids is 1. The van der Waals surface area contributed by atoms with E-state index in [1.807, 2.05) is 0 Å². The van der Waals surface area contributed by atoms with Crippen molar-refractivity contribution >= 4 is 5.91 Å². The first kappa shape index (κ1) is 11.8. The number of nitrogens with one attached hydrogen (secondary N) is 1. The van der Waals surface area contributed by atoms with Gasteiger partial charge in [-0.15, -0.1) is 0 Å². The van der Waals surface area contributed by atoms with Gasteiger partial charge < -0.3 is 20.1 Å². The molecule has 5 nitrogen and oxygen atoms in total. The molecule has 1 saturated carbocycles. The fourth-order valence-electron chi connectivity index (χ4n) is 1.87. The summed E-state index contributed by atoms with van der Waals surface area (Å²) in [5.74, 6) is 0.907. The van der Waals surface area contributed by atoms with Gasteiger partial charge in [-0.25, -0.2) is 0 Å². The predicted octanol–water partition coefficient (Wildman–Crippen LogP) is -0.794. The maximum Gasteiger partial charge on any atom is 0.236 e. The van der Waals surface area contributed by atoms with Crippen molar-refractivity contribution < 1.29 is 14.6 Å². The van der Waals surface area contributed by atoms with E-state index < -0.39 is 0 Å². The summed E-state index contributed by atoms with van der Waals surface area (Å²) < 4.78 is 5.30. The number of ether oxygens (including phenoxy) is 1. The summed E-state index contributed by atoms with van der Waals surface area (Å²) in [5, 5.41) is 12.2. The van der Waals surface area contributed by atoms with E-state index in [1.54, 1.807) is 4.90 Å². The molecule has 16 heavy (non-hydrogen) atoms. The van der Waals surface area contributed by atoms with E-state index in [-0.39, 0.29) is 18.6 Å². The van der Waals surface area contributed by atoms with Gasteiger partial charge in [0, 0.05) is 13.1 Å². The van der Waals surface area contributed by atoms with Crippen LogP contribution in [0.2, 0.25) is 0 Å². The van der Waals surface area contributed by atoms with E-state index in [1.165, 1.54) is 12.8 Å². The molecule has 2 N–H and O–H groups in total. The molecule has 0 aromatic heterocycles. The van der Waals surface area contributed by atoms with Crippen molar-refractivity contribution in [1.82, 2.24) is 10.2 Å². The van der Waals surface area contributed by atoms with Crippen molar-refractivity contribution in [3.63, 3.8) is 0 Å². The van der Waals surface area contributed by atoms with E-state index in [0.29, 0.717) is 26.2 Å². The number of aliphatic hydroxyl groups is 1. The number of aliphatic hydroxyl groups excluding tert-OH is 1. The zero-order valence-electron chi connectivity index (χ0n) is 9.52. The highest BCUT2D eigenvalue weighted by Crippen LogP contribution is 2.27. The number of rotatable bonds is 5. The number of nitrogens with zero attached hydrogens (tertiary/aromatic N) is 1. The van der Waals surface area contributed by atoms with Crippen molar-refractivity contribution in [3.05, 3.63) is 0 Å². The Balaban J connectivity index is 1.66. The zero-order chi connectivity index (χ0) is 11.4. The molecule has 92 valence electrons. The fourth-order valence-corrected chi connectivity index (χ4v) is 1.87. The maximum absolute atomic E-state index is 11.8. The first-order valence-corrected chi connectivity index (χ1v) is 6.00. The lowest BCUT2D eigenvalue weighted by Gasteiger charge is -2.32. The van der Waals surface area contributed by atoms with Crippen molar-refractivity contribution in [2.24, 2.45) is 5.92 Å². The van der Waals surface area contributed by atoms with Gasteiger partial charge in [-0.1, -0.05) is 0 Å². The highest BCUT2D eigenvalue weighted by Gasteiger charge is 2.24. The van der Waals surface area contributed by atoms with Crippen LogP contribution >= 0.6 is 0 Å². The van der Waals surface area contributed by atoms with Crippen LogP contribution < -0.4 is 5.32 Å². The van der Waals surface area contributed by atoms with Gasteiger partial charge in [0.05, 0.1) is 25.9 Å².